The van der Waals surface area contributed by atoms with Gasteiger partial charge in [-0.2, -0.15) is 0 Å². The number of fused-ring (bicyclic) bond motifs is 1. The molecule has 0 atom stereocenters. The number of guanidine groups is 1. The van der Waals surface area contributed by atoms with Crippen LogP contribution in [0.25, 0.3) is 0 Å². The lowest BCUT2D eigenvalue weighted by Gasteiger charge is -2.22. The van der Waals surface area contributed by atoms with Crippen LogP contribution in [0.3, 0.4) is 0 Å². The van der Waals surface area contributed by atoms with Gasteiger partial charge in [0.05, 0.1) is 0 Å². The van der Waals surface area contributed by atoms with Gasteiger partial charge in [-0.15, -0.1) is 24.0 Å². The fourth-order valence-corrected chi connectivity index (χ4v) is 2.95. The predicted octanol–water partition coefficient (Wildman–Crippen LogP) is 2.95. The number of halogens is 1. The van der Waals surface area contributed by atoms with Gasteiger partial charge in [0.25, 0.3) is 0 Å². The zero-order valence-electron chi connectivity index (χ0n) is 14.9. The minimum atomic E-state index is -0.0771. The van der Waals surface area contributed by atoms with Gasteiger partial charge in [0.15, 0.2) is 5.96 Å². The number of aliphatic imine (C=N–C) groups is 1. The van der Waals surface area contributed by atoms with Crippen LogP contribution in [-0.4, -0.2) is 31.5 Å². The van der Waals surface area contributed by atoms with E-state index in [0.717, 1.165) is 31.0 Å². The average Bonchev–Trinajstić information content (AvgIpc) is 3.08. The third-order valence-electron chi connectivity index (χ3n) is 4.18. The Labute approximate surface area is 171 Å². The van der Waals surface area contributed by atoms with E-state index in [1.54, 1.807) is 0 Å². The molecule has 1 aliphatic heterocycles. The highest BCUT2D eigenvalue weighted by Gasteiger charge is 2.22. The first-order valence-corrected chi connectivity index (χ1v) is 8.72. The van der Waals surface area contributed by atoms with Crippen LogP contribution in [0.5, 0.6) is 0 Å². The first kappa shape index (κ1) is 20.2. The van der Waals surface area contributed by atoms with Crippen LogP contribution in [0, 0.1) is 0 Å². The Balaban J connectivity index is 0.00000243. The zero-order valence-corrected chi connectivity index (χ0v) is 17.3. The molecule has 2 aromatic rings. The van der Waals surface area contributed by atoms with Gasteiger partial charge < -0.3 is 15.5 Å². The summed E-state index contributed by atoms with van der Waals surface area (Å²) >= 11 is 0. The summed E-state index contributed by atoms with van der Waals surface area (Å²) in [7, 11) is 0. The molecule has 2 aromatic carbocycles. The molecule has 26 heavy (non-hydrogen) atoms. The van der Waals surface area contributed by atoms with Gasteiger partial charge in [-0.25, -0.2) is 4.99 Å². The number of benzene rings is 2. The summed E-state index contributed by atoms with van der Waals surface area (Å²) in [4.78, 5) is 18.8. The molecule has 0 aromatic heterocycles. The molecule has 2 N–H and O–H groups in total. The minimum Gasteiger partial charge on any atom is -0.356 e. The molecular formula is C20H25IN4O. The Kier molecular flexibility index (Phi) is 7.90. The fourth-order valence-electron chi connectivity index (χ4n) is 2.95. The molecule has 1 amide bonds. The van der Waals surface area contributed by atoms with Crippen molar-refractivity contribution in [3.63, 3.8) is 0 Å². The standard InChI is InChI=1S/C20H24N4O.HI/c1-2-21-20(24-13-12-17-10-6-7-11-18(17)24)23-15-19(25)22-14-16-8-4-3-5-9-16;/h3-11H,2,12-15H2,1H3,(H,21,23)(H,22,25);1H. The maximum absolute atomic E-state index is 12.1. The number of hydrogen-bond donors (Lipinski definition) is 2. The molecule has 6 heteroatoms. The molecule has 3 rings (SSSR count). The van der Waals surface area contributed by atoms with E-state index in [4.69, 9.17) is 0 Å². The largest absolute Gasteiger partial charge is 0.356 e. The quantitative estimate of drug-likeness (QED) is 0.407. The molecule has 138 valence electrons. The molecule has 0 fully saturated rings. The summed E-state index contributed by atoms with van der Waals surface area (Å²) in [5.74, 6) is 0.689. The van der Waals surface area contributed by atoms with E-state index in [9.17, 15) is 4.79 Å². The van der Waals surface area contributed by atoms with Crippen molar-refractivity contribution in [1.82, 2.24) is 10.6 Å². The molecule has 1 aliphatic rings. The summed E-state index contributed by atoms with van der Waals surface area (Å²) in [6.07, 6.45) is 1.00. The SMILES string of the molecule is CCNC(=NCC(=O)NCc1ccccc1)N1CCc2ccccc21.I. The van der Waals surface area contributed by atoms with E-state index >= 15 is 0 Å². The molecule has 5 nitrogen and oxygen atoms in total. The van der Waals surface area contributed by atoms with Gasteiger partial charge in [0.1, 0.15) is 6.54 Å². The van der Waals surface area contributed by atoms with E-state index in [0.29, 0.717) is 6.54 Å². The summed E-state index contributed by atoms with van der Waals surface area (Å²) in [5, 5.41) is 6.20. The van der Waals surface area contributed by atoms with Crippen LogP contribution in [-0.2, 0) is 17.8 Å². The van der Waals surface area contributed by atoms with Crippen molar-refractivity contribution in [1.29, 1.82) is 0 Å². The number of hydrogen-bond acceptors (Lipinski definition) is 2. The first-order chi connectivity index (χ1) is 12.3. The van der Waals surface area contributed by atoms with Crippen LogP contribution in [0.2, 0.25) is 0 Å². The van der Waals surface area contributed by atoms with Crippen molar-refractivity contribution in [3.8, 4) is 0 Å². The predicted molar refractivity (Wildman–Crippen MR) is 117 cm³/mol. The van der Waals surface area contributed by atoms with Gasteiger partial charge in [0, 0.05) is 25.3 Å². The van der Waals surface area contributed by atoms with E-state index in [1.165, 1.54) is 11.3 Å². The molecule has 1 heterocycles. The number of nitrogens with one attached hydrogen (secondary N) is 2. The van der Waals surface area contributed by atoms with Crippen molar-refractivity contribution < 1.29 is 4.79 Å². The molecule has 0 bridgehead atoms. The van der Waals surface area contributed by atoms with E-state index in [2.05, 4.69) is 38.7 Å². The smallest absolute Gasteiger partial charge is 0.242 e. The third-order valence-corrected chi connectivity index (χ3v) is 4.18. The topological polar surface area (TPSA) is 56.7 Å². The van der Waals surface area contributed by atoms with Crippen molar-refractivity contribution >= 4 is 41.5 Å². The Hall–Kier alpha value is -2.09. The Bertz CT molecular complexity index is 748. The van der Waals surface area contributed by atoms with Gasteiger partial charge in [0.2, 0.25) is 5.91 Å². The van der Waals surface area contributed by atoms with E-state index in [1.807, 2.05) is 43.3 Å². The second-order valence-electron chi connectivity index (χ2n) is 5.96. The third kappa shape index (κ3) is 5.20. The normalized spacial score (nSPS) is 13.0. The number of nitrogens with zero attached hydrogens (tertiary/aromatic N) is 2. The maximum Gasteiger partial charge on any atom is 0.242 e. The fraction of sp³-hybridized carbons (Fsp3) is 0.300. The van der Waals surface area contributed by atoms with Crippen LogP contribution in [0.1, 0.15) is 18.1 Å². The van der Waals surface area contributed by atoms with Gasteiger partial charge in [-0.3, -0.25) is 4.79 Å². The second-order valence-corrected chi connectivity index (χ2v) is 5.96. The van der Waals surface area contributed by atoms with E-state index in [-0.39, 0.29) is 36.4 Å². The van der Waals surface area contributed by atoms with Crippen LogP contribution < -0.4 is 15.5 Å². The molecular weight excluding hydrogens is 439 g/mol. The molecule has 0 aliphatic carbocycles. The van der Waals surface area contributed by atoms with Gasteiger partial charge >= 0.3 is 0 Å². The second kappa shape index (κ2) is 10.2. The Morgan fingerprint density at radius 3 is 2.58 bits per heavy atom. The minimum absolute atomic E-state index is 0. The molecule has 0 saturated heterocycles. The number of amides is 1. The first-order valence-electron chi connectivity index (χ1n) is 8.72. The zero-order chi connectivity index (χ0) is 17.5. The highest BCUT2D eigenvalue weighted by Crippen LogP contribution is 2.27. The van der Waals surface area contributed by atoms with Gasteiger partial charge in [-0.05, 0) is 30.5 Å². The Morgan fingerprint density at radius 2 is 1.81 bits per heavy atom. The Morgan fingerprint density at radius 1 is 1.08 bits per heavy atom. The highest BCUT2D eigenvalue weighted by molar-refractivity contribution is 14.0. The summed E-state index contributed by atoms with van der Waals surface area (Å²) in [6.45, 7) is 4.33. The van der Waals surface area contributed by atoms with Crippen molar-refractivity contribution in [3.05, 3.63) is 65.7 Å². The van der Waals surface area contributed by atoms with Crippen molar-refractivity contribution in [2.45, 2.75) is 19.9 Å². The number of anilines is 1. The molecule has 0 unspecified atom stereocenters. The number of rotatable bonds is 5. The average molecular weight is 464 g/mol. The molecule has 0 saturated carbocycles. The summed E-state index contributed by atoms with van der Waals surface area (Å²) in [6, 6.07) is 18.2. The lowest BCUT2D eigenvalue weighted by Crippen LogP contribution is -2.41. The van der Waals surface area contributed by atoms with Crippen LogP contribution in [0.4, 0.5) is 5.69 Å². The maximum atomic E-state index is 12.1. The number of carbonyl (C=O) groups is 1. The summed E-state index contributed by atoms with van der Waals surface area (Å²) < 4.78 is 0. The molecule has 0 spiro atoms. The van der Waals surface area contributed by atoms with Crippen molar-refractivity contribution in [2.24, 2.45) is 4.99 Å². The number of para-hydroxylation sites is 1. The van der Waals surface area contributed by atoms with Gasteiger partial charge in [-0.1, -0.05) is 48.5 Å². The van der Waals surface area contributed by atoms with Crippen LogP contribution >= 0.6 is 24.0 Å². The number of carbonyl (C=O) groups excluding carboxylic acids is 1. The highest BCUT2D eigenvalue weighted by atomic mass is 127. The lowest BCUT2D eigenvalue weighted by atomic mass is 10.2. The lowest BCUT2D eigenvalue weighted by molar-refractivity contribution is -0.119. The summed E-state index contributed by atoms with van der Waals surface area (Å²) in [5.41, 5.74) is 3.58. The monoisotopic (exact) mass is 464 g/mol. The molecule has 0 radical (unpaired) electrons. The van der Waals surface area contributed by atoms with Crippen LogP contribution in [0.15, 0.2) is 59.6 Å². The van der Waals surface area contributed by atoms with Crippen molar-refractivity contribution in [2.75, 3.05) is 24.5 Å². The van der Waals surface area contributed by atoms with E-state index < -0.39 is 0 Å².